The molecule has 174 valence electrons. The van der Waals surface area contributed by atoms with Crippen LogP contribution in [0.1, 0.15) is 54.9 Å². The second-order valence-electron chi connectivity index (χ2n) is 7.49. The van der Waals surface area contributed by atoms with Crippen molar-refractivity contribution in [3.05, 3.63) is 35.3 Å². The molecule has 2 aromatic heterocycles. The number of anilines is 2. The van der Waals surface area contributed by atoms with Crippen molar-refractivity contribution in [2.75, 3.05) is 29.9 Å². The third kappa shape index (κ3) is 5.77. The Labute approximate surface area is 183 Å². The number of pyridine rings is 1. The molecule has 32 heavy (non-hydrogen) atoms. The van der Waals surface area contributed by atoms with E-state index >= 15 is 0 Å². The highest BCUT2D eigenvalue weighted by Gasteiger charge is 2.41. The summed E-state index contributed by atoms with van der Waals surface area (Å²) in [7, 11) is 0. The van der Waals surface area contributed by atoms with Crippen molar-refractivity contribution in [2.24, 2.45) is 0 Å². The Kier molecular flexibility index (Phi) is 7.37. The molecule has 3 heterocycles. The van der Waals surface area contributed by atoms with Gasteiger partial charge in [0.2, 0.25) is 11.5 Å². The summed E-state index contributed by atoms with van der Waals surface area (Å²) in [5.74, 6) is -1.71. The van der Waals surface area contributed by atoms with Crippen LogP contribution in [0.15, 0.2) is 22.7 Å². The fraction of sp³-hybridized carbons (Fsp3) is 0.524. The minimum atomic E-state index is -4.81. The van der Waals surface area contributed by atoms with Crippen molar-refractivity contribution in [1.29, 1.82) is 0 Å². The van der Waals surface area contributed by atoms with Gasteiger partial charge in [-0.3, -0.25) is 4.79 Å². The number of esters is 1. The van der Waals surface area contributed by atoms with Crippen LogP contribution in [-0.2, 0) is 22.1 Å². The van der Waals surface area contributed by atoms with Gasteiger partial charge in [-0.25, -0.2) is 9.78 Å². The SMILES string of the molecule is CCOC(=O)C(C)Nc1ccc(CC(=O)c2oc(N3CCCCC3)nc2C(F)(F)F)cn1. The first-order valence-corrected chi connectivity index (χ1v) is 10.4. The van der Waals surface area contributed by atoms with Crippen LogP contribution in [-0.4, -0.2) is 47.5 Å². The number of halogens is 3. The smallest absolute Gasteiger partial charge is 0.437 e. The highest BCUT2D eigenvalue weighted by molar-refractivity contribution is 5.96. The van der Waals surface area contributed by atoms with Crippen molar-refractivity contribution in [1.82, 2.24) is 9.97 Å². The molecule has 1 aliphatic heterocycles. The Morgan fingerprint density at radius 2 is 1.97 bits per heavy atom. The predicted octanol–water partition coefficient (Wildman–Crippen LogP) is 3.87. The van der Waals surface area contributed by atoms with E-state index < -0.39 is 35.4 Å². The van der Waals surface area contributed by atoms with Gasteiger partial charge in [0.25, 0.3) is 6.01 Å². The van der Waals surface area contributed by atoms with Gasteiger partial charge in [0, 0.05) is 25.7 Å². The summed E-state index contributed by atoms with van der Waals surface area (Å²) in [4.78, 5) is 33.6. The van der Waals surface area contributed by atoms with Crippen molar-refractivity contribution >= 4 is 23.6 Å². The first-order valence-electron chi connectivity index (χ1n) is 10.4. The fourth-order valence-corrected chi connectivity index (χ4v) is 3.34. The number of hydrogen-bond donors (Lipinski definition) is 1. The van der Waals surface area contributed by atoms with E-state index in [1.54, 1.807) is 24.8 Å². The topological polar surface area (TPSA) is 97.6 Å². The largest absolute Gasteiger partial charge is 0.464 e. The van der Waals surface area contributed by atoms with Crippen LogP contribution in [0.5, 0.6) is 0 Å². The average molecular weight is 454 g/mol. The van der Waals surface area contributed by atoms with Crippen LogP contribution < -0.4 is 10.2 Å². The summed E-state index contributed by atoms with van der Waals surface area (Å²) in [6, 6.07) is 2.26. The van der Waals surface area contributed by atoms with Gasteiger partial charge >= 0.3 is 12.1 Å². The summed E-state index contributed by atoms with van der Waals surface area (Å²) in [6.07, 6.45) is -1.14. The Balaban J connectivity index is 1.72. The molecule has 0 saturated carbocycles. The number of ether oxygens (including phenoxy) is 1. The minimum Gasteiger partial charge on any atom is -0.464 e. The number of Topliss-reactive ketones (excluding diaryl/α,β-unsaturated/α-hetero) is 1. The third-order valence-electron chi connectivity index (χ3n) is 4.96. The van der Waals surface area contributed by atoms with E-state index in [1.807, 2.05) is 0 Å². The Morgan fingerprint density at radius 3 is 2.56 bits per heavy atom. The average Bonchev–Trinajstić information content (AvgIpc) is 3.22. The zero-order chi connectivity index (χ0) is 23.3. The Hall–Kier alpha value is -3.11. The summed E-state index contributed by atoms with van der Waals surface area (Å²) in [6.45, 7) is 4.63. The number of carbonyl (C=O) groups excluding carboxylic acids is 2. The second-order valence-corrected chi connectivity index (χ2v) is 7.49. The molecule has 0 aromatic carbocycles. The monoisotopic (exact) mass is 454 g/mol. The summed E-state index contributed by atoms with van der Waals surface area (Å²) in [5.41, 5.74) is -0.911. The lowest BCUT2D eigenvalue weighted by Crippen LogP contribution is -2.29. The number of nitrogens with zero attached hydrogens (tertiary/aromatic N) is 3. The molecular weight excluding hydrogens is 429 g/mol. The van der Waals surface area contributed by atoms with Gasteiger partial charge in [0.1, 0.15) is 11.9 Å². The molecule has 11 heteroatoms. The van der Waals surface area contributed by atoms with Gasteiger partial charge in [-0.2, -0.15) is 18.2 Å². The van der Waals surface area contributed by atoms with Crippen LogP contribution >= 0.6 is 0 Å². The molecule has 8 nitrogen and oxygen atoms in total. The molecule has 0 radical (unpaired) electrons. The number of oxazole rings is 1. The van der Waals surface area contributed by atoms with E-state index in [0.29, 0.717) is 24.5 Å². The van der Waals surface area contributed by atoms with Gasteiger partial charge in [-0.1, -0.05) is 6.07 Å². The molecule has 0 spiro atoms. The molecule has 1 N–H and O–H groups in total. The number of carbonyl (C=O) groups is 2. The van der Waals surface area contributed by atoms with Gasteiger partial charge in [0.15, 0.2) is 5.69 Å². The predicted molar refractivity (Wildman–Crippen MR) is 110 cm³/mol. The first kappa shape index (κ1) is 23.6. The number of piperidine rings is 1. The number of ketones is 1. The number of hydrogen-bond acceptors (Lipinski definition) is 8. The van der Waals surface area contributed by atoms with Gasteiger partial charge in [-0.05, 0) is 44.7 Å². The van der Waals surface area contributed by atoms with E-state index in [2.05, 4.69) is 15.3 Å². The van der Waals surface area contributed by atoms with Crippen molar-refractivity contribution in [2.45, 2.75) is 51.7 Å². The number of aromatic nitrogens is 2. The van der Waals surface area contributed by atoms with E-state index in [-0.39, 0.29) is 19.0 Å². The van der Waals surface area contributed by atoms with E-state index in [4.69, 9.17) is 9.15 Å². The molecule has 1 atom stereocenters. The van der Waals surface area contributed by atoms with Crippen LogP contribution in [0.2, 0.25) is 0 Å². The molecular formula is C21H25F3N4O4. The quantitative estimate of drug-likeness (QED) is 0.474. The van der Waals surface area contributed by atoms with Crippen molar-refractivity contribution in [3.63, 3.8) is 0 Å². The van der Waals surface area contributed by atoms with Gasteiger partial charge in [-0.15, -0.1) is 0 Å². The zero-order valence-corrected chi connectivity index (χ0v) is 17.9. The molecule has 2 aromatic rings. The van der Waals surface area contributed by atoms with Gasteiger partial charge in [0.05, 0.1) is 6.61 Å². The maximum Gasteiger partial charge on any atom is 0.437 e. The van der Waals surface area contributed by atoms with E-state index in [9.17, 15) is 22.8 Å². The Bertz CT molecular complexity index is 938. The van der Waals surface area contributed by atoms with E-state index in [1.165, 1.54) is 12.3 Å². The van der Waals surface area contributed by atoms with Crippen LogP contribution in [0.3, 0.4) is 0 Å². The molecule has 0 amide bonds. The molecule has 1 aliphatic rings. The van der Waals surface area contributed by atoms with Gasteiger partial charge < -0.3 is 19.4 Å². The lowest BCUT2D eigenvalue weighted by atomic mass is 10.1. The minimum absolute atomic E-state index is 0.175. The van der Waals surface area contributed by atoms with E-state index in [0.717, 1.165) is 19.3 Å². The molecule has 0 bridgehead atoms. The second kappa shape index (κ2) is 10.0. The summed E-state index contributed by atoms with van der Waals surface area (Å²) < 4.78 is 50.6. The number of rotatable bonds is 8. The van der Waals surface area contributed by atoms with Crippen molar-refractivity contribution in [3.8, 4) is 0 Å². The van der Waals surface area contributed by atoms with Crippen LogP contribution in [0.4, 0.5) is 25.0 Å². The fourth-order valence-electron chi connectivity index (χ4n) is 3.34. The highest BCUT2D eigenvalue weighted by atomic mass is 19.4. The number of nitrogens with one attached hydrogen (secondary N) is 1. The lowest BCUT2D eigenvalue weighted by molar-refractivity contribution is -0.143. The lowest BCUT2D eigenvalue weighted by Gasteiger charge is -2.24. The Morgan fingerprint density at radius 1 is 1.25 bits per heavy atom. The standard InChI is InChI=1S/C21H25F3N4O4/c1-3-31-19(30)13(2)26-16-8-7-14(12-25-16)11-15(29)17-18(21(22,23)24)27-20(32-17)28-9-5-4-6-10-28/h7-8,12-13H,3-6,9-11H2,1-2H3,(H,25,26). The maximum atomic E-state index is 13.5. The molecule has 1 unspecified atom stereocenters. The number of alkyl halides is 3. The van der Waals surface area contributed by atoms with Crippen LogP contribution in [0, 0.1) is 0 Å². The molecule has 1 saturated heterocycles. The summed E-state index contributed by atoms with van der Waals surface area (Å²) >= 11 is 0. The zero-order valence-electron chi connectivity index (χ0n) is 17.9. The molecule has 3 rings (SSSR count). The van der Waals surface area contributed by atoms with Crippen molar-refractivity contribution < 1.29 is 31.9 Å². The highest BCUT2D eigenvalue weighted by Crippen LogP contribution is 2.35. The summed E-state index contributed by atoms with van der Waals surface area (Å²) in [5, 5.41) is 2.85. The maximum absolute atomic E-state index is 13.5. The third-order valence-corrected chi connectivity index (χ3v) is 4.96. The molecule has 0 aliphatic carbocycles. The first-order chi connectivity index (χ1) is 15.2. The normalized spacial score (nSPS) is 15.3. The van der Waals surface area contributed by atoms with Crippen LogP contribution in [0.25, 0.3) is 0 Å². The molecule has 1 fully saturated rings.